The molecule has 0 radical (unpaired) electrons. The van der Waals surface area contributed by atoms with Crippen LogP contribution in [0.5, 0.6) is 0 Å². The zero-order chi connectivity index (χ0) is 22.5. The first-order valence-corrected chi connectivity index (χ1v) is 11.2. The van der Waals surface area contributed by atoms with Gasteiger partial charge in [0.25, 0.3) is 0 Å². The molecule has 0 unspecified atom stereocenters. The van der Waals surface area contributed by atoms with Crippen LogP contribution < -0.4 is 0 Å². The third kappa shape index (κ3) is 21.8. The standard InChI is InChI=1S/C22H45NO7/c1-6-7-8-9-11-25-13-15-27-17-19-29-20-18-28-16-14-26-12-10-23(5)21(24)30-22(2,3)4/h6-20H2,1-5H3. The fourth-order valence-corrected chi connectivity index (χ4v) is 2.25. The van der Waals surface area contributed by atoms with Gasteiger partial charge in [0.15, 0.2) is 0 Å². The van der Waals surface area contributed by atoms with E-state index >= 15 is 0 Å². The van der Waals surface area contributed by atoms with Crippen molar-refractivity contribution < 1.29 is 33.2 Å². The number of ether oxygens (including phenoxy) is 6. The van der Waals surface area contributed by atoms with Crippen LogP contribution >= 0.6 is 0 Å². The van der Waals surface area contributed by atoms with Gasteiger partial charge in [-0.1, -0.05) is 26.2 Å². The summed E-state index contributed by atoms with van der Waals surface area (Å²) in [5.41, 5.74) is -0.490. The lowest BCUT2D eigenvalue weighted by Crippen LogP contribution is -2.36. The molecule has 0 aliphatic rings. The summed E-state index contributed by atoms with van der Waals surface area (Å²) in [6, 6.07) is 0. The highest BCUT2D eigenvalue weighted by Crippen LogP contribution is 2.08. The molecule has 0 bridgehead atoms. The molecule has 0 rings (SSSR count). The number of hydrogen-bond donors (Lipinski definition) is 0. The Kier molecular flexibility index (Phi) is 19.4. The summed E-state index contributed by atoms with van der Waals surface area (Å²) in [4.78, 5) is 13.3. The molecule has 8 heteroatoms. The lowest BCUT2D eigenvalue weighted by atomic mass is 10.2. The average Bonchev–Trinajstić information content (AvgIpc) is 2.68. The van der Waals surface area contributed by atoms with Gasteiger partial charge in [0.05, 0.1) is 59.5 Å². The minimum Gasteiger partial charge on any atom is -0.444 e. The fourth-order valence-electron chi connectivity index (χ4n) is 2.25. The highest BCUT2D eigenvalue weighted by atomic mass is 16.6. The van der Waals surface area contributed by atoms with Gasteiger partial charge in [-0.05, 0) is 27.2 Å². The van der Waals surface area contributed by atoms with Crippen LogP contribution in [0.4, 0.5) is 4.79 Å². The molecule has 1 amide bonds. The Morgan fingerprint density at radius 3 is 1.53 bits per heavy atom. The van der Waals surface area contributed by atoms with Crippen LogP contribution in [-0.4, -0.2) is 96.3 Å². The van der Waals surface area contributed by atoms with Crippen LogP contribution in [-0.2, 0) is 28.4 Å². The van der Waals surface area contributed by atoms with Crippen LogP contribution in [0.3, 0.4) is 0 Å². The van der Waals surface area contributed by atoms with Gasteiger partial charge in [0.1, 0.15) is 5.60 Å². The Bertz CT molecular complexity index is 388. The number of carbonyl (C=O) groups is 1. The second kappa shape index (κ2) is 20.0. The number of amides is 1. The van der Waals surface area contributed by atoms with E-state index in [1.165, 1.54) is 24.2 Å². The van der Waals surface area contributed by atoms with Crippen LogP contribution in [0.1, 0.15) is 53.4 Å². The monoisotopic (exact) mass is 435 g/mol. The topological polar surface area (TPSA) is 75.7 Å². The molecule has 180 valence electrons. The number of rotatable bonds is 20. The summed E-state index contributed by atoms with van der Waals surface area (Å²) >= 11 is 0. The lowest BCUT2D eigenvalue weighted by Gasteiger charge is -2.24. The Balaban J connectivity index is 3.22. The second-order valence-corrected chi connectivity index (χ2v) is 8.02. The number of unbranched alkanes of at least 4 members (excludes halogenated alkanes) is 3. The molecule has 0 aromatic carbocycles. The van der Waals surface area contributed by atoms with Crippen molar-refractivity contribution in [3.05, 3.63) is 0 Å². The Morgan fingerprint density at radius 2 is 1.10 bits per heavy atom. The number of hydrogen-bond acceptors (Lipinski definition) is 7. The molecule has 0 saturated heterocycles. The second-order valence-electron chi connectivity index (χ2n) is 8.02. The third-order valence-electron chi connectivity index (χ3n) is 3.91. The Labute approximate surface area is 183 Å². The van der Waals surface area contributed by atoms with E-state index in [0.717, 1.165) is 13.0 Å². The SMILES string of the molecule is CCCCCCOCCOCCOCCOCCOCCN(C)C(=O)OC(C)(C)C. The van der Waals surface area contributed by atoms with Crippen molar-refractivity contribution in [1.82, 2.24) is 4.90 Å². The molecule has 0 aromatic heterocycles. The van der Waals surface area contributed by atoms with Crippen LogP contribution in [0.2, 0.25) is 0 Å². The van der Waals surface area contributed by atoms with Gasteiger partial charge in [-0.3, -0.25) is 0 Å². The van der Waals surface area contributed by atoms with Crippen molar-refractivity contribution in [1.29, 1.82) is 0 Å². The highest BCUT2D eigenvalue weighted by molar-refractivity contribution is 5.67. The molecule has 0 aromatic rings. The maximum atomic E-state index is 11.8. The summed E-state index contributed by atoms with van der Waals surface area (Å²) in [5, 5.41) is 0. The van der Waals surface area contributed by atoms with Crippen molar-refractivity contribution in [2.75, 3.05) is 79.7 Å². The van der Waals surface area contributed by atoms with E-state index in [1.54, 1.807) is 7.05 Å². The number of likely N-dealkylation sites (N-methyl/N-ethyl adjacent to an activating group) is 1. The van der Waals surface area contributed by atoms with Gasteiger partial charge in [0.2, 0.25) is 0 Å². The predicted molar refractivity (Wildman–Crippen MR) is 117 cm³/mol. The first kappa shape index (κ1) is 29.1. The largest absolute Gasteiger partial charge is 0.444 e. The molecule has 0 atom stereocenters. The molecule has 0 aliphatic carbocycles. The van der Waals surface area contributed by atoms with E-state index in [2.05, 4.69) is 6.92 Å². The van der Waals surface area contributed by atoms with Crippen molar-refractivity contribution >= 4 is 6.09 Å². The van der Waals surface area contributed by atoms with E-state index in [0.29, 0.717) is 66.0 Å². The maximum absolute atomic E-state index is 11.8. The van der Waals surface area contributed by atoms with Crippen molar-refractivity contribution in [3.8, 4) is 0 Å². The van der Waals surface area contributed by atoms with E-state index < -0.39 is 5.60 Å². The van der Waals surface area contributed by atoms with Crippen molar-refractivity contribution in [3.63, 3.8) is 0 Å². The minimum atomic E-state index is -0.490. The molecule has 0 aliphatic heterocycles. The average molecular weight is 436 g/mol. The molecule has 0 spiro atoms. The van der Waals surface area contributed by atoms with Crippen LogP contribution in [0.15, 0.2) is 0 Å². The maximum Gasteiger partial charge on any atom is 0.410 e. The van der Waals surface area contributed by atoms with Crippen LogP contribution in [0, 0.1) is 0 Å². The Hall–Kier alpha value is -0.930. The normalized spacial score (nSPS) is 11.6. The highest BCUT2D eigenvalue weighted by Gasteiger charge is 2.19. The zero-order valence-electron chi connectivity index (χ0n) is 19.9. The number of nitrogens with zero attached hydrogens (tertiary/aromatic N) is 1. The molecule has 30 heavy (non-hydrogen) atoms. The van der Waals surface area contributed by atoms with Gasteiger partial charge in [-0.15, -0.1) is 0 Å². The van der Waals surface area contributed by atoms with Gasteiger partial charge >= 0.3 is 6.09 Å². The molecule has 8 nitrogen and oxygen atoms in total. The first-order valence-electron chi connectivity index (χ1n) is 11.2. The molecular formula is C22H45NO7. The third-order valence-corrected chi connectivity index (χ3v) is 3.91. The molecule has 0 N–H and O–H groups in total. The van der Waals surface area contributed by atoms with Gasteiger partial charge in [-0.25, -0.2) is 4.79 Å². The first-order chi connectivity index (χ1) is 14.4. The molecular weight excluding hydrogens is 390 g/mol. The molecule has 0 saturated carbocycles. The predicted octanol–water partition coefficient (Wildman–Crippen LogP) is 3.52. The summed E-state index contributed by atoms with van der Waals surface area (Å²) in [6.07, 6.45) is 4.55. The minimum absolute atomic E-state index is 0.349. The zero-order valence-corrected chi connectivity index (χ0v) is 19.9. The fraction of sp³-hybridized carbons (Fsp3) is 0.955. The van der Waals surface area contributed by atoms with Crippen molar-refractivity contribution in [2.24, 2.45) is 0 Å². The summed E-state index contributed by atoms with van der Waals surface area (Å²) in [7, 11) is 1.69. The summed E-state index contributed by atoms with van der Waals surface area (Å²) in [5.74, 6) is 0. The van der Waals surface area contributed by atoms with E-state index in [4.69, 9.17) is 28.4 Å². The van der Waals surface area contributed by atoms with E-state index in [-0.39, 0.29) is 6.09 Å². The van der Waals surface area contributed by atoms with E-state index in [1.807, 2.05) is 20.8 Å². The summed E-state index contributed by atoms with van der Waals surface area (Å²) < 4.78 is 32.6. The summed E-state index contributed by atoms with van der Waals surface area (Å²) in [6.45, 7) is 13.8. The van der Waals surface area contributed by atoms with Crippen molar-refractivity contribution in [2.45, 2.75) is 59.0 Å². The molecule has 0 fully saturated rings. The lowest BCUT2D eigenvalue weighted by molar-refractivity contribution is -0.0132. The van der Waals surface area contributed by atoms with Gasteiger partial charge in [0, 0.05) is 20.2 Å². The molecule has 0 heterocycles. The van der Waals surface area contributed by atoms with Crippen LogP contribution in [0.25, 0.3) is 0 Å². The van der Waals surface area contributed by atoms with E-state index in [9.17, 15) is 4.79 Å². The number of carbonyl (C=O) groups excluding carboxylic acids is 1. The smallest absolute Gasteiger partial charge is 0.410 e. The Morgan fingerprint density at radius 1 is 0.667 bits per heavy atom. The van der Waals surface area contributed by atoms with Gasteiger partial charge in [-0.2, -0.15) is 0 Å². The van der Waals surface area contributed by atoms with Gasteiger partial charge < -0.3 is 33.3 Å². The quantitative estimate of drug-likeness (QED) is 0.271.